The standard InChI is InChI=1S/C12H8N4O3S/c13-10-9(16(18)19)11(17)15-6-8(20-12(15)14-10)7-4-2-1-3-5-7/h1-6H,13H2. The highest BCUT2D eigenvalue weighted by molar-refractivity contribution is 7.20. The lowest BCUT2D eigenvalue weighted by Crippen LogP contribution is -2.19. The lowest BCUT2D eigenvalue weighted by Gasteiger charge is -1.95. The number of nitrogens with zero attached hydrogens (tertiary/aromatic N) is 3. The summed E-state index contributed by atoms with van der Waals surface area (Å²) in [6, 6.07) is 9.38. The zero-order valence-electron chi connectivity index (χ0n) is 10.0. The highest BCUT2D eigenvalue weighted by Crippen LogP contribution is 2.28. The van der Waals surface area contributed by atoms with Crippen LogP contribution in [0.4, 0.5) is 11.5 Å². The molecule has 0 bridgehead atoms. The van der Waals surface area contributed by atoms with Gasteiger partial charge in [0.2, 0.25) is 5.82 Å². The van der Waals surface area contributed by atoms with Crippen molar-refractivity contribution >= 4 is 27.8 Å². The van der Waals surface area contributed by atoms with E-state index in [1.807, 2.05) is 30.3 Å². The number of aromatic nitrogens is 2. The van der Waals surface area contributed by atoms with Crippen LogP contribution in [-0.4, -0.2) is 14.3 Å². The molecule has 0 spiro atoms. The number of benzene rings is 1. The van der Waals surface area contributed by atoms with Crippen molar-refractivity contribution in [2.24, 2.45) is 0 Å². The first-order chi connectivity index (χ1) is 9.58. The molecule has 1 aromatic carbocycles. The Hall–Kier alpha value is -2.74. The third-order valence-electron chi connectivity index (χ3n) is 2.77. The van der Waals surface area contributed by atoms with E-state index in [0.29, 0.717) is 4.96 Å². The average Bonchev–Trinajstić information content (AvgIpc) is 2.83. The number of nitrogens with two attached hydrogens (primary N) is 1. The molecule has 2 aromatic heterocycles. The first kappa shape index (κ1) is 12.3. The first-order valence-electron chi connectivity index (χ1n) is 5.59. The van der Waals surface area contributed by atoms with E-state index in [-0.39, 0.29) is 5.82 Å². The molecule has 8 heteroatoms. The fourth-order valence-electron chi connectivity index (χ4n) is 1.86. The summed E-state index contributed by atoms with van der Waals surface area (Å²) in [5.41, 5.74) is 4.92. The van der Waals surface area contributed by atoms with Gasteiger partial charge in [-0.05, 0) is 5.56 Å². The fraction of sp³-hybridized carbons (Fsp3) is 0. The normalized spacial score (nSPS) is 10.8. The third kappa shape index (κ3) is 1.82. The maximum absolute atomic E-state index is 12.0. The quantitative estimate of drug-likeness (QED) is 0.573. The molecule has 0 unspecified atom stereocenters. The van der Waals surface area contributed by atoms with E-state index >= 15 is 0 Å². The summed E-state index contributed by atoms with van der Waals surface area (Å²) in [6.07, 6.45) is 1.54. The van der Waals surface area contributed by atoms with Gasteiger partial charge in [0.1, 0.15) is 0 Å². The van der Waals surface area contributed by atoms with Gasteiger partial charge in [0.25, 0.3) is 0 Å². The zero-order chi connectivity index (χ0) is 14.3. The van der Waals surface area contributed by atoms with Gasteiger partial charge in [0.15, 0.2) is 4.96 Å². The van der Waals surface area contributed by atoms with E-state index < -0.39 is 16.2 Å². The first-order valence-corrected chi connectivity index (χ1v) is 6.41. The van der Waals surface area contributed by atoms with Gasteiger partial charge in [-0.25, -0.2) is 0 Å². The maximum atomic E-state index is 12.0. The highest BCUT2D eigenvalue weighted by atomic mass is 32.1. The number of nitro groups is 1. The molecule has 0 aliphatic heterocycles. The Morgan fingerprint density at radius 1 is 1.30 bits per heavy atom. The summed E-state index contributed by atoms with van der Waals surface area (Å²) in [7, 11) is 0. The van der Waals surface area contributed by atoms with Crippen molar-refractivity contribution in [3.63, 3.8) is 0 Å². The Kier molecular flexibility index (Phi) is 2.72. The summed E-state index contributed by atoms with van der Waals surface area (Å²) >= 11 is 1.25. The molecule has 0 saturated carbocycles. The molecule has 0 radical (unpaired) electrons. The second-order valence-electron chi connectivity index (χ2n) is 4.02. The fourth-order valence-corrected chi connectivity index (χ4v) is 2.84. The van der Waals surface area contributed by atoms with Crippen LogP contribution in [0.2, 0.25) is 0 Å². The topological polar surface area (TPSA) is 104 Å². The monoisotopic (exact) mass is 288 g/mol. The van der Waals surface area contributed by atoms with Gasteiger partial charge in [-0.1, -0.05) is 41.7 Å². The van der Waals surface area contributed by atoms with Crippen molar-refractivity contribution in [3.8, 4) is 10.4 Å². The molecule has 2 heterocycles. The molecule has 0 atom stereocenters. The van der Waals surface area contributed by atoms with Crippen molar-refractivity contribution in [2.75, 3.05) is 5.73 Å². The third-order valence-corrected chi connectivity index (χ3v) is 3.81. The molecule has 2 N–H and O–H groups in total. The van der Waals surface area contributed by atoms with E-state index in [2.05, 4.69) is 4.98 Å². The molecule has 0 saturated heterocycles. The van der Waals surface area contributed by atoms with Crippen LogP contribution in [0.5, 0.6) is 0 Å². The van der Waals surface area contributed by atoms with Crippen LogP contribution in [0.1, 0.15) is 0 Å². The molecular weight excluding hydrogens is 280 g/mol. The second-order valence-corrected chi connectivity index (χ2v) is 5.03. The van der Waals surface area contributed by atoms with Crippen LogP contribution < -0.4 is 11.3 Å². The Labute approximate surface area is 116 Å². The van der Waals surface area contributed by atoms with Gasteiger partial charge in [-0.3, -0.25) is 19.3 Å². The zero-order valence-corrected chi connectivity index (χ0v) is 10.8. The maximum Gasteiger partial charge on any atom is 0.376 e. The molecule has 3 aromatic rings. The summed E-state index contributed by atoms with van der Waals surface area (Å²) < 4.78 is 1.15. The van der Waals surface area contributed by atoms with Gasteiger partial charge >= 0.3 is 11.2 Å². The Bertz CT molecular complexity index is 870. The number of hydrogen-bond donors (Lipinski definition) is 1. The minimum absolute atomic E-state index is 0.331. The molecule has 0 amide bonds. The molecular formula is C12H8N4O3S. The van der Waals surface area contributed by atoms with Crippen molar-refractivity contribution in [2.45, 2.75) is 0 Å². The van der Waals surface area contributed by atoms with Gasteiger partial charge in [0, 0.05) is 6.20 Å². The predicted octanol–water partition coefficient (Wildman–Crippen LogP) is 1.91. The molecule has 7 nitrogen and oxygen atoms in total. The van der Waals surface area contributed by atoms with Crippen LogP contribution in [0.15, 0.2) is 41.3 Å². The van der Waals surface area contributed by atoms with Crippen LogP contribution in [0, 0.1) is 10.1 Å². The van der Waals surface area contributed by atoms with Crippen molar-refractivity contribution < 1.29 is 4.92 Å². The van der Waals surface area contributed by atoms with Gasteiger partial charge < -0.3 is 5.73 Å². The molecule has 0 aliphatic carbocycles. The number of thiazole rings is 1. The van der Waals surface area contributed by atoms with Gasteiger partial charge in [-0.15, -0.1) is 0 Å². The van der Waals surface area contributed by atoms with Crippen LogP contribution in [0.25, 0.3) is 15.4 Å². The van der Waals surface area contributed by atoms with Crippen LogP contribution in [0.3, 0.4) is 0 Å². The number of nitrogen functional groups attached to an aromatic ring is 1. The number of fused-ring (bicyclic) bond motifs is 1. The summed E-state index contributed by atoms with van der Waals surface area (Å²) in [4.78, 5) is 27.1. The minimum Gasteiger partial charge on any atom is -0.378 e. The minimum atomic E-state index is -0.809. The Morgan fingerprint density at radius 2 is 2.00 bits per heavy atom. The SMILES string of the molecule is Nc1nc2sc(-c3ccccc3)cn2c(=O)c1[N+](=O)[O-]. The molecule has 0 fully saturated rings. The lowest BCUT2D eigenvalue weighted by molar-refractivity contribution is -0.385. The Morgan fingerprint density at radius 3 is 2.65 bits per heavy atom. The number of rotatable bonds is 2. The highest BCUT2D eigenvalue weighted by Gasteiger charge is 2.22. The van der Waals surface area contributed by atoms with Gasteiger partial charge in [0.05, 0.1) is 9.80 Å². The average molecular weight is 288 g/mol. The number of hydrogen-bond acceptors (Lipinski definition) is 6. The largest absolute Gasteiger partial charge is 0.378 e. The molecule has 0 aliphatic rings. The van der Waals surface area contributed by atoms with Crippen LogP contribution in [-0.2, 0) is 0 Å². The summed E-state index contributed by atoms with van der Waals surface area (Å²) in [5.74, 6) is -0.360. The molecule has 100 valence electrons. The van der Waals surface area contributed by atoms with Crippen molar-refractivity contribution in [1.29, 1.82) is 0 Å². The molecule has 3 rings (SSSR count). The number of anilines is 1. The Balaban J connectivity index is 2.30. The molecule has 20 heavy (non-hydrogen) atoms. The van der Waals surface area contributed by atoms with E-state index in [1.165, 1.54) is 17.5 Å². The smallest absolute Gasteiger partial charge is 0.376 e. The van der Waals surface area contributed by atoms with E-state index in [4.69, 9.17) is 5.73 Å². The predicted molar refractivity (Wildman–Crippen MR) is 75.8 cm³/mol. The van der Waals surface area contributed by atoms with E-state index in [1.54, 1.807) is 0 Å². The van der Waals surface area contributed by atoms with E-state index in [0.717, 1.165) is 14.8 Å². The van der Waals surface area contributed by atoms with Crippen molar-refractivity contribution in [3.05, 3.63) is 57.0 Å². The van der Waals surface area contributed by atoms with Gasteiger partial charge in [-0.2, -0.15) is 4.98 Å². The van der Waals surface area contributed by atoms with Crippen LogP contribution >= 0.6 is 11.3 Å². The lowest BCUT2D eigenvalue weighted by atomic mass is 10.2. The summed E-state index contributed by atoms with van der Waals surface area (Å²) in [5, 5.41) is 10.8. The summed E-state index contributed by atoms with van der Waals surface area (Å²) in [6.45, 7) is 0. The van der Waals surface area contributed by atoms with Crippen molar-refractivity contribution in [1.82, 2.24) is 9.38 Å². The second kappa shape index (κ2) is 4.42. The van der Waals surface area contributed by atoms with E-state index in [9.17, 15) is 14.9 Å².